The maximum Gasteiger partial charge on any atom is 0.264 e. The number of anilines is 2. The molecule has 32 heavy (non-hydrogen) atoms. The first-order chi connectivity index (χ1) is 15.6. The van der Waals surface area contributed by atoms with Crippen LogP contribution < -0.4 is 19.7 Å². The first-order valence-corrected chi connectivity index (χ1v) is 10.7. The van der Waals surface area contributed by atoms with E-state index in [9.17, 15) is 9.59 Å². The SMILES string of the molecule is CCc1ccccc1NC(=O)COc1ccccc1OCC(=O)N(CC)c1ccccc1. The molecular formula is C26H28N2O4. The van der Waals surface area contributed by atoms with Gasteiger partial charge in [-0.1, -0.05) is 55.5 Å². The average Bonchev–Trinajstić information content (AvgIpc) is 2.83. The van der Waals surface area contributed by atoms with Crippen molar-refractivity contribution in [3.8, 4) is 11.5 Å². The zero-order valence-corrected chi connectivity index (χ0v) is 18.4. The van der Waals surface area contributed by atoms with Crippen molar-refractivity contribution in [1.29, 1.82) is 0 Å². The minimum absolute atomic E-state index is 0.140. The lowest BCUT2D eigenvalue weighted by atomic mass is 10.1. The van der Waals surface area contributed by atoms with Gasteiger partial charge in [-0.3, -0.25) is 9.59 Å². The van der Waals surface area contributed by atoms with Gasteiger partial charge in [0.15, 0.2) is 24.7 Å². The molecule has 0 fully saturated rings. The Morgan fingerprint density at radius 2 is 1.38 bits per heavy atom. The fourth-order valence-corrected chi connectivity index (χ4v) is 3.30. The third kappa shape index (κ3) is 6.11. The van der Waals surface area contributed by atoms with Crippen molar-refractivity contribution in [2.45, 2.75) is 20.3 Å². The van der Waals surface area contributed by atoms with E-state index in [-0.39, 0.29) is 25.0 Å². The van der Waals surface area contributed by atoms with E-state index >= 15 is 0 Å². The molecule has 2 amide bonds. The Kier molecular flexibility index (Phi) is 8.26. The van der Waals surface area contributed by atoms with Gasteiger partial charge in [0.1, 0.15) is 0 Å². The number of hydrogen-bond acceptors (Lipinski definition) is 4. The number of nitrogens with one attached hydrogen (secondary N) is 1. The summed E-state index contributed by atoms with van der Waals surface area (Å²) in [7, 11) is 0. The van der Waals surface area contributed by atoms with Crippen molar-refractivity contribution in [3.05, 3.63) is 84.4 Å². The highest BCUT2D eigenvalue weighted by molar-refractivity contribution is 5.94. The van der Waals surface area contributed by atoms with Crippen LogP contribution in [0.15, 0.2) is 78.9 Å². The summed E-state index contributed by atoms with van der Waals surface area (Å²) in [6.45, 7) is 4.17. The maximum absolute atomic E-state index is 12.7. The highest BCUT2D eigenvalue weighted by atomic mass is 16.5. The molecule has 0 unspecified atom stereocenters. The van der Waals surface area contributed by atoms with Crippen LogP contribution in [0, 0.1) is 0 Å². The van der Waals surface area contributed by atoms with Crippen LogP contribution in [0.1, 0.15) is 19.4 Å². The smallest absolute Gasteiger partial charge is 0.264 e. The van der Waals surface area contributed by atoms with Gasteiger partial charge in [-0.05, 0) is 49.2 Å². The molecule has 6 nitrogen and oxygen atoms in total. The van der Waals surface area contributed by atoms with Gasteiger partial charge in [0.05, 0.1) is 0 Å². The number of hydrogen-bond donors (Lipinski definition) is 1. The lowest BCUT2D eigenvalue weighted by Crippen LogP contribution is -2.34. The molecule has 0 aliphatic carbocycles. The molecule has 0 radical (unpaired) electrons. The summed E-state index contributed by atoms with van der Waals surface area (Å²) < 4.78 is 11.4. The van der Waals surface area contributed by atoms with Crippen LogP contribution in [0.4, 0.5) is 11.4 Å². The van der Waals surface area contributed by atoms with Crippen molar-refractivity contribution in [2.24, 2.45) is 0 Å². The summed E-state index contributed by atoms with van der Waals surface area (Å²) in [5, 5.41) is 2.88. The lowest BCUT2D eigenvalue weighted by Gasteiger charge is -2.21. The van der Waals surface area contributed by atoms with Gasteiger partial charge in [0, 0.05) is 17.9 Å². The fourth-order valence-electron chi connectivity index (χ4n) is 3.30. The molecule has 6 heteroatoms. The minimum Gasteiger partial charge on any atom is -0.480 e. The second kappa shape index (κ2) is 11.6. The standard InChI is InChI=1S/C26H28N2O4/c1-3-20-12-8-9-15-22(20)27-25(29)18-31-23-16-10-11-17-24(23)32-19-26(30)28(4-2)21-13-6-5-7-14-21/h5-17H,3-4,18-19H2,1-2H3,(H,27,29). The van der Waals surface area contributed by atoms with Gasteiger partial charge in [0.2, 0.25) is 0 Å². The first-order valence-electron chi connectivity index (χ1n) is 10.7. The van der Waals surface area contributed by atoms with E-state index in [1.165, 1.54) is 0 Å². The van der Waals surface area contributed by atoms with Gasteiger partial charge in [-0.25, -0.2) is 0 Å². The zero-order chi connectivity index (χ0) is 22.8. The molecule has 0 heterocycles. The largest absolute Gasteiger partial charge is 0.480 e. The van der Waals surface area contributed by atoms with Crippen molar-refractivity contribution in [3.63, 3.8) is 0 Å². The maximum atomic E-state index is 12.7. The van der Waals surface area contributed by atoms with E-state index in [1.807, 2.05) is 68.4 Å². The molecule has 1 N–H and O–H groups in total. The number of para-hydroxylation sites is 4. The van der Waals surface area contributed by atoms with Crippen LogP contribution in [0.5, 0.6) is 11.5 Å². The van der Waals surface area contributed by atoms with Crippen molar-refractivity contribution >= 4 is 23.2 Å². The molecule has 0 atom stereocenters. The van der Waals surface area contributed by atoms with Crippen LogP contribution in [0.25, 0.3) is 0 Å². The molecule has 3 aromatic rings. The number of benzene rings is 3. The molecule has 166 valence electrons. The summed E-state index contributed by atoms with van der Waals surface area (Å²) in [4.78, 5) is 26.7. The van der Waals surface area contributed by atoms with Crippen molar-refractivity contribution in [1.82, 2.24) is 0 Å². The van der Waals surface area contributed by atoms with E-state index in [0.717, 1.165) is 23.4 Å². The monoisotopic (exact) mass is 432 g/mol. The number of carbonyl (C=O) groups is 2. The van der Waals surface area contributed by atoms with Gasteiger partial charge < -0.3 is 19.7 Å². The average molecular weight is 433 g/mol. The van der Waals surface area contributed by atoms with Crippen LogP contribution >= 0.6 is 0 Å². The Bertz CT molecular complexity index is 1040. The molecule has 3 aromatic carbocycles. The molecule has 0 saturated heterocycles. The molecule has 0 saturated carbocycles. The second-order valence-electron chi connectivity index (χ2n) is 7.06. The zero-order valence-electron chi connectivity index (χ0n) is 18.4. The topological polar surface area (TPSA) is 67.9 Å². The van der Waals surface area contributed by atoms with Crippen molar-refractivity contribution < 1.29 is 19.1 Å². The van der Waals surface area contributed by atoms with E-state index in [0.29, 0.717) is 18.0 Å². The number of carbonyl (C=O) groups excluding carboxylic acids is 2. The van der Waals surface area contributed by atoms with Crippen LogP contribution in [0.2, 0.25) is 0 Å². The fraction of sp³-hybridized carbons (Fsp3) is 0.231. The Labute approximate surface area is 188 Å². The summed E-state index contributed by atoms with van der Waals surface area (Å²) in [6.07, 6.45) is 0.819. The Balaban J connectivity index is 1.58. The molecule has 0 aliphatic rings. The normalized spacial score (nSPS) is 10.3. The third-order valence-electron chi connectivity index (χ3n) is 4.92. The van der Waals surface area contributed by atoms with Gasteiger partial charge >= 0.3 is 0 Å². The lowest BCUT2D eigenvalue weighted by molar-refractivity contribution is -0.121. The minimum atomic E-state index is -0.266. The number of nitrogens with zero attached hydrogens (tertiary/aromatic N) is 1. The number of ether oxygens (including phenoxy) is 2. The summed E-state index contributed by atoms with van der Waals surface area (Å²) in [5.41, 5.74) is 2.65. The third-order valence-corrected chi connectivity index (χ3v) is 4.92. The molecule has 0 aliphatic heterocycles. The Morgan fingerprint density at radius 3 is 2.03 bits per heavy atom. The van der Waals surface area contributed by atoms with Crippen molar-refractivity contribution in [2.75, 3.05) is 30.0 Å². The van der Waals surface area contributed by atoms with Gasteiger partial charge in [0.25, 0.3) is 11.8 Å². The predicted octanol–water partition coefficient (Wildman–Crippen LogP) is 4.70. The number of aryl methyl sites for hydroxylation is 1. The molecule has 0 spiro atoms. The predicted molar refractivity (Wildman–Crippen MR) is 126 cm³/mol. The quantitative estimate of drug-likeness (QED) is 0.504. The van der Waals surface area contributed by atoms with Gasteiger partial charge in [-0.15, -0.1) is 0 Å². The molecule has 3 rings (SSSR count). The Hall–Kier alpha value is -3.80. The van der Waals surface area contributed by atoms with E-state index in [1.54, 1.807) is 29.2 Å². The van der Waals surface area contributed by atoms with E-state index in [2.05, 4.69) is 5.32 Å². The van der Waals surface area contributed by atoms with Gasteiger partial charge in [-0.2, -0.15) is 0 Å². The number of rotatable bonds is 10. The van der Waals surface area contributed by atoms with Crippen LogP contribution in [-0.4, -0.2) is 31.6 Å². The molecule has 0 bridgehead atoms. The Morgan fingerprint density at radius 1 is 0.781 bits per heavy atom. The second-order valence-corrected chi connectivity index (χ2v) is 7.06. The summed E-state index contributed by atoms with van der Waals surface area (Å²) >= 11 is 0. The first kappa shape index (κ1) is 22.9. The number of amides is 2. The van der Waals surface area contributed by atoms with Crippen LogP contribution in [0.3, 0.4) is 0 Å². The summed E-state index contributed by atoms with van der Waals surface area (Å²) in [5.74, 6) is 0.383. The molecule has 0 aromatic heterocycles. The van der Waals surface area contributed by atoms with E-state index in [4.69, 9.17) is 9.47 Å². The molecular weight excluding hydrogens is 404 g/mol. The van der Waals surface area contributed by atoms with Crippen LogP contribution in [-0.2, 0) is 16.0 Å². The number of likely N-dealkylation sites (N-methyl/N-ethyl adjacent to an activating group) is 1. The highest BCUT2D eigenvalue weighted by Gasteiger charge is 2.16. The van der Waals surface area contributed by atoms with E-state index < -0.39 is 0 Å². The highest BCUT2D eigenvalue weighted by Crippen LogP contribution is 2.27. The summed E-state index contributed by atoms with van der Waals surface area (Å²) in [6, 6.07) is 24.1.